The molecule has 8 nitrogen and oxygen atoms in total. The van der Waals surface area contributed by atoms with Crippen molar-refractivity contribution in [2.75, 3.05) is 0 Å². The molecule has 0 fully saturated rings. The predicted molar refractivity (Wildman–Crippen MR) is 76.3 cm³/mol. The molecule has 2 amide bonds. The van der Waals surface area contributed by atoms with E-state index in [2.05, 4.69) is 10.6 Å². The van der Waals surface area contributed by atoms with Crippen LogP contribution in [0.25, 0.3) is 0 Å². The summed E-state index contributed by atoms with van der Waals surface area (Å²) in [6.45, 7) is 6.34. The van der Waals surface area contributed by atoms with E-state index in [1.165, 1.54) is 13.8 Å². The molecule has 0 heterocycles. The fourth-order valence-electron chi connectivity index (χ4n) is 1.62. The molecule has 0 saturated carbocycles. The van der Waals surface area contributed by atoms with E-state index in [1.54, 1.807) is 6.92 Å². The van der Waals surface area contributed by atoms with E-state index < -0.39 is 42.0 Å². The second-order valence-electron chi connectivity index (χ2n) is 5.23. The van der Waals surface area contributed by atoms with E-state index in [9.17, 15) is 19.5 Å². The summed E-state index contributed by atoms with van der Waals surface area (Å²) in [5.41, 5.74) is 5.45. The number of carboxylic acid groups (broad SMARTS) is 1. The second kappa shape index (κ2) is 8.58. The highest BCUT2D eigenvalue weighted by Crippen LogP contribution is 2.09. The topological polar surface area (TPSA) is 142 Å². The van der Waals surface area contributed by atoms with Crippen molar-refractivity contribution >= 4 is 17.8 Å². The number of nitrogens with one attached hydrogen (secondary N) is 2. The Morgan fingerprint density at radius 1 is 1.05 bits per heavy atom. The van der Waals surface area contributed by atoms with Crippen LogP contribution < -0.4 is 16.4 Å². The van der Waals surface area contributed by atoms with Gasteiger partial charge in [0.15, 0.2) is 6.04 Å². The molecule has 0 rings (SSSR count). The highest BCUT2D eigenvalue weighted by molar-refractivity contribution is 5.91. The van der Waals surface area contributed by atoms with Gasteiger partial charge in [0.2, 0.25) is 11.8 Å². The van der Waals surface area contributed by atoms with Gasteiger partial charge in [0.1, 0.15) is 6.04 Å². The average Bonchev–Trinajstić information content (AvgIpc) is 2.39. The zero-order valence-electron chi connectivity index (χ0n) is 12.8. The lowest BCUT2D eigenvalue weighted by molar-refractivity contribution is -0.145. The minimum absolute atomic E-state index is 0.212. The number of aliphatic carboxylic acids is 1. The van der Waals surface area contributed by atoms with Crippen LogP contribution in [-0.4, -0.2) is 52.2 Å². The number of hydrogen-bond acceptors (Lipinski definition) is 5. The molecule has 8 heteroatoms. The van der Waals surface area contributed by atoms with E-state index in [-0.39, 0.29) is 5.92 Å². The monoisotopic (exact) mass is 303 g/mol. The molecule has 21 heavy (non-hydrogen) atoms. The summed E-state index contributed by atoms with van der Waals surface area (Å²) >= 11 is 0. The van der Waals surface area contributed by atoms with Gasteiger partial charge in [-0.05, 0) is 19.8 Å². The maximum atomic E-state index is 12.2. The van der Waals surface area contributed by atoms with Crippen molar-refractivity contribution in [1.29, 1.82) is 0 Å². The summed E-state index contributed by atoms with van der Waals surface area (Å²) in [5.74, 6) is -2.72. The summed E-state index contributed by atoms with van der Waals surface area (Å²) < 4.78 is 0. The molecule has 0 aromatic rings. The Balaban J connectivity index is 5.03. The lowest BCUT2D eigenvalue weighted by Gasteiger charge is -2.26. The number of carboxylic acids is 1. The molecule has 0 saturated heterocycles. The van der Waals surface area contributed by atoms with E-state index in [4.69, 9.17) is 10.8 Å². The Kier molecular flexibility index (Phi) is 7.90. The Hall–Kier alpha value is -1.67. The third kappa shape index (κ3) is 6.09. The van der Waals surface area contributed by atoms with Gasteiger partial charge in [-0.2, -0.15) is 0 Å². The van der Waals surface area contributed by atoms with Gasteiger partial charge < -0.3 is 26.6 Å². The van der Waals surface area contributed by atoms with Crippen molar-refractivity contribution in [3.63, 3.8) is 0 Å². The van der Waals surface area contributed by atoms with E-state index >= 15 is 0 Å². The van der Waals surface area contributed by atoms with Crippen LogP contribution in [0.15, 0.2) is 0 Å². The lowest BCUT2D eigenvalue weighted by Crippen LogP contribution is -2.58. The fourth-order valence-corrected chi connectivity index (χ4v) is 1.62. The molecule has 0 aromatic heterocycles. The molecule has 0 bridgehead atoms. The van der Waals surface area contributed by atoms with Crippen molar-refractivity contribution in [2.24, 2.45) is 11.7 Å². The van der Waals surface area contributed by atoms with Crippen LogP contribution in [0.5, 0.6) is 0 Å². The number of nitrogens with two attached hydrogens (primary N) is 1. The SMILES string of the molecule is CC[C@H](C)[C@H](NC(=O)[C@H](C)N)C(=O)N[C@H](C(=O)O)[C@@H](C)O. The van der Waals surface area contributed by atoms with E-state index in [0.717, 1.165) is 0 Å². The van der Waals surface area contributed by atoms with Crippen molar-refractivity contribution in [1.82, 2.24) is 10.6 Å². The molecule has 0 aliphatic rings. The summed E-state index contributed by atoms with van der Waals surface area (Å²) in [6.07, 6.45) is -0.655. The first kappa shape index (κ1) is 19.3. The van der Waals surface area contributed by atoms with Crippen LogP contribution >= 0.6 is 0 Å². The van der Waals surface area contributed by atoms with Crippen LogP contribution in [0.2, 0.25) is 0 Å². The lowest BCUT2D eigenvalue weighted by atomic mass is 9.97. The molecule has 0 spiro atoms. The normalized spacial score (nSPS) is 18.0. The Labute approximate surface area is 124 Å². The summed E-state index contributed by atoms with van der Waals surface area (Å²) in [6, 6.07) is -3.12. The second-order valence-corrected chi connectivity index (χ2v) is 5.23. The zero-order valence-corrected chi connectivity index (χ0v) is 12.8. The first-order valence-electron chi connectivity index (χ1n) is 6.88. The van der Waals surface area contributed by atoms with Gasteiger partial charge in [-0.25, -0.2) is 4.79 Å². The van der Waals surface area contributed by atoms with Crippen LogP contribution in [0.1, 0.15) is 34.1 Å². The smallest absolute Gasteiger partial charge is 0.328 e. The molecule has 5 atom stereocenters. The van der Waals surface area contributed by atoms with Crippen molar-refractivity contribution in [2.45, 2.75) is 58.3 Å². The highest BCUT2D eigenvalue weighted by Gasteiger charge is 2.32. The van der Waals surface area contributed by atoms with E-state index in [0.29, 0.717) is 6.42 Å². The van der Waals surface area contributed by atoms with Crippen LogP contribution in [0.4, 0.5) is 0 Å². The molecule has 0 aromatic carbocycles. The summed E-state index contributed by atoms with van der Waals surface area (Å²) in [5, 5.41) is 23.1. The number of hydrogen-bond donors (Lipinski definition) is 5. The van der Waals surface area contributed by atoms with Gasteiger partial charge in [0.05, 0.1) is 12.1 Å². The number of carbonyl (C=O) groups excluding carboxylic acids is 2. The number of rotatable bonds is 8. The van der Waals surface area contributed by atoms with Gasteiger partial charge in [-0.3, -0.25) is 9.59 Å². The molecule has 0 aliphatic heterocycles. The molecule has 0 radical (unpaired) electrons. The number of aliphatic hydroxyl groups is 1. The molecule has 0 aliphatic carbocycles. The Morgan fingerprint density at radius 3 is 1.86 bits per heavy atom. The van der Waals surface area contributed by atoms with Gasteiger partial charge in [0, 0.05) is 0 Å². The minimum atomic E-state index is -1.43. The van der Waals surface area contributed by atoms with Crippen LogP contribution in [0.3, 0.4) is 0 Å². The average molecular weight is 303 g/mol. The maximum Gasteiger partial charge on any atom is 0.328 e. The number of amides is 2. The van der Waals surface area contributed by atoms with Crippen molar-refractivity contribution in [3.05, 3.63) is 0 Å². The highest BCUT2D eigenvalue weighted by atomic mass is 16.4. The molecule has 122 valence electrons. The predicted octanol–water partition coefficient (Wildman–Crippen LogP) is -1.19. The third-order valence-corrected chi connectivity index (χ3v) is 3.25. The molecular formula is C13H25N3O5. The van der Waals surface area contributed by atoms with Gasteiger partial charge >= 0.3 is 5.97 Å². The van der Waals surface area contributed by atoms with Gasteiger partial charge in [0.25, 0.3) is 0 Å². The van der Waals surface area contributed by atoms with Crippen molar-refractivity contribution < 1.29 is 24.6 Å². The maximum absolute atomic E-state index is 12.2. The van der Waals surface area contributed by atoms with Gasteiger partial charge in [-0.1, -0.05) is 20.3 Å². The third-order valence-electron chi connectivity index (χ3n) is 3.25. The molecule has 0 unspecified atom stereocenters. The first-order chi connectivity index (χ1) is 9.61. The number of aliphatic hydroxyl groups excluding tert-OH is 1. The summed E-state index contributed by atoms with van der Waals surface area (Å²) in [4.78, 5) is 34.8. The van der Waals surface area contributed by atoms with Crippen LogP contribution in [0, 0.1) is 5.92 Å². The largest absolute Gasteiger partial charge is 0.480 e. The molecule has 6 N–H and O–H groups in total. The molecular weight excluding hydrogens is 278 g/mol. The van der Waals surface area contributed by atoms with Crippen molar-refractivity contribution in [3.8, 4) is 0 Å². The minimum Gasteiger partial charge on any atom is -0.480 e. The first-order valence-corrected chi connectivity index (χ1v) is 6.88. The summed E-state index contributed by atoms with van der Waals surface area (Å²) in [7, 11) is 0. The fraction of sp³-hybridized carbons (Fsp3) is 0.769. The van der Waals surface area contributed by atoms with Crippen LogP contribution in [-0.2, 0) is 14.4 Å². The standard InChI is InChI=1S/C13H25N3O5/c1-5-6(2)9(15-11(18)7(3)14)12(19)16-10(8(4)17)13(20)21/h6-10,17H,5,14H2,1-4H3,(H,15,18)(H,16,19)(H,20,21)/t6-,7-,8+,9-,10-/m0/s1. The van der Waals surface area contributed by atoms with E-state index in [1.807, 2.05) is 6.92 Å². The van der Waals surface area contributed by atoms with Gasteiger partial charge in [-0.15, -0.1) is 0 Å². The Bertz CT molecular complexity index is 384. The quantitative estimate of drug-likeness (QED) is 0.382. The number of carbonyl (C=O) groups is 3. The Morgan fingerprint density at radius 2 is 1.52 bits per heavy atom. The zero-order chi connectivity index (χ0) is 16.7.